The Hall–Kier alpha value is -3.45. The standard InChI is InChI=1S/C24H22ClNO6/c1-4-8-26-20(13-6-5-7-16(10-13)30-2)19(22(28)24(26)29)21(27)17-11-14-9-15(25)12-18(31-3)23(14)32-17/h5-7,9-12,20,28H,4,8H2,1-3H3. The molecule has 8 heteroatoms. The SMILES string of the molecule is CCCN1C(=O)C(O)=C(C(=O)c2cc3cc(Cl)cc(OC)c3o2)C1c1cccc(OC)c1. The number of benzene rings is 2. The van der Waals surface area contributed by atoms with Gasteiger partial charge in [0.2, 0.25) is 5.78 Å². The molecule has 4 rings (SSSR count). The third-order valence-corrected chi connectivity index (χ3v) is 5.63. The minimum Gasteiger partial charge on any atom is -0.503 e. The van der Waals surface area contributed by atoms with Gasteiger partial charge in [-0.2, -0.15) is 0 Å². The van der Waals surface area contributed by atoms with Gasteiger partial charge in [-0.1, -0.05) is 30.7 Å². The van der Waals surface area contributed by atoms with Gasteiger partial charge in [0.05, 0.1) is 25.8 Å². The molecular weight excluding hydrogens is 434 g/mol. The Labute approximate surface area is 189 Å². The Bertz CT molecular complexity index is 1240. The molecule has 1 aliphatic rings. The molecule has 7 nitrogen and oxygen atoms in total. The molecule has 1 aromatic heterocycles. The van der Waals surface area contributed by atoms with E-state index in [1.807, 2.05) is 6.92 Å². The number of furan rings is 1. The van der Waals surface area contributed by atoms with E-state index in [1.54, 1.807) is 36.4 Å². The Morgan fingerprint density at radius 2 is 1.97 bits per heavy atom. The molecule has 2 aromatic carbocycles. The van der Waals surface area contributed by atoms with Gasteiger partial charge in [0.15, 0.2) is 22.9 Å². The Morgan fingerprint density at radius 1 is 1.19 bits per heavy atom. The Kier molecular flexibility index (Phi) is 5.84. The van der Waals surface area contributed by atoms with E-state index < -0.39 is 23.5 Å². The summed E-state index contributed by atoms with van der Waals surface area (Å²) in [6.45, 7) is 2.28. The monoisotopic (exact) mass is 455 g/mol. The van der Waals surface area contributed by atoms with Crippen LogP contribution in [0.25, 0.3) is 11.0 Å². The molecule has 1 atom stereocenters. The van der Waals surface area contributed by atoms with E-state index in [2.05, 4.69) is 0 Å². The average molecular weight is 456 g/mol. The van der Waals surface area contributed by atoms with Crippen LogP contribution in [0.1, 0.15) is 35.5 Å². The molecule has 0 spiro atoms. The van der Waals surface area contributed by atoms with E-state index in [0.29, 0.717) is 46.0 Å². The van der Waals surface area contributed by atoms with Crippen molar-refractivity contribution in [1.82, 2.24) is 4.90 Å². The molecule has 0 saturated carbocycles. The molecule has 0 saturated heterocycles. The number of ketones is 1. The molecule has 0 bridgehead atoms. The van der Waals surface area contributed by atoms with Crippen LogP contribution in [-0.4, -0.2) is 42.5 Å². The number of hydrogen-bond acceptors (Lipinski definition) is 6. The van der Waals surface area contributed by atoms with Crippen molar-refractivity contribution >= 4 is 34.3 Å². The van der Waals surface area contributed by atoms with Crippen LogP contribution in [0.15, 0.2) is 58.2 Å². The van der Waals surface area contributed by atoms with Crippen molar-refractivity contribution < 1.29 is 28.6 Å². The van der Waals surface area contributed by atoms with Crippen LogP contribution in [0.3, 0.4) is 0 Å². The van der Waals surface area contributed by atoms with Crippen molar-refractivity contribution in [1.29, 1.82) is 0 Å². The van der Waals surface area contributed by atoms with Gasteiger partial charge in [-0.3, -0.25) is 9.59 Å². The molecule has 1 amide bonds. The van der Waals surface area contributed by atoms with Gasteiger partial charge in [-0.25, -0.2) is 0 Å². The molecule has 0 aliphatic carbocycles. The van der Waals surface area contributed by atoms with E-state index in [4.69, 9.17) is 25.5 Å². The van der Waals surface area contributed by atoms with Crippen LogP contribution >= 0.6 is 11.6 Å². The lowest BCUT2D eigenvalue weighted by Gasteiger charge is -2.26. The minimum atomic E-state index is -0.774. The summed E-state index contributed by atoms with van der Waals surface area (Å²) in [5.74, 6) is -0.837. The van der Waals surface area contributed by atoms with E-state index in [-0.39, 0.29) is 11.3 Å². The van der Waals surface area contributed by atoms with E-state index in [0.717, 1.165) is 0 Å². The zero-order valence-electron chi connectivity index (χ0n) is 17.8. The molecule has 32 heavy (non-hydrogen) atoms. The Morgan fingerprint density at radius 3 is 2.66 bits per heavy atom. The summed E-state index contributed by atoms with van der Waals surface area (Å²) in [6, 6.07) is 11.1. The first-order valence-electron chi connectivity index (χ1n) is 10.1. The fourth-order valence-corrected chi connectivity index (χ4v) is 4.21. The van der Waals surface area contributed by atoms with Gasteiger partial charge in [0, 0.05) is 23.0 Å². The first kappa shape index (κ1) is 21.8. The number of halogens is 1. The fourth-order valence-electron chi connectivity index (χ4n) is 4.00. The maximum absolute atomic E-state index is 13.5. The summed E-state index contributed by atoms with van der Waals surface area (Å²) < 4.78 is 16.4. The number of hydrogen-bond donors (Lipinski definition) is 1. The average Bonchev–Trinajstić information content (AvgIpc) is 3.33. The predicted octanol–water partition coefficient (Wildman–Crippen LogP) is 5.09. The first-order chi connectivity index (χ1) is 15.4. The van der Waals surface area contributed by atoms with Crippen LogP contribution in [-0.2, 0) is 4.79 Å². The van der Waals surface area contributed by atoms with Gasteiger partial charge in [-0.15, -0.1) is 0 Å². The second kappa shape index (κ2) is 8.59. The molecular formula is C24H22ClNO6. The Balaban J connectivity index is 1.84. The highest BCUT2D eigenvalue weighted by Gasteiger charge is 2.44. The topological polar surface area (TPSA) is 89.2 Å². The summed E-state index contributed by atoms with van der Waals surface area (Å²) in [4.78, 5) is 27.9. The molecule has 1 N–H and O–H groups in total. The molecule has 2 heterocycles. The fraction of sp³-hybridized carbons (Fsp3) is 0.250. The molecule has 3 aromatic rings. The van der Waals surface area contributed by atoms with Gasteiger partial charge in [0.1, 0.15) is 5.75 Å². The zero-order valence-corrected chi connectivity index (χ0v) is 18.6. The zero-order chi connectivity index (χ0) is 23.0. The van der Waals surface area contributed by atoms with Crippen LogP contribution in [0.2, 0.25) is 5.02 Å². The molecule has 0 fully saturated rings. The number of fused-ring (bicyclic) bond motifs is 1. The van der Waals surface area contributed by atoms with Gasteiger partial charge in [-0.05, 0) is 36.2 Å². The van der Waals surface area contributed by atoms with Crippen LogP contribution in [0.4, 0.5) is 0 Å². The lowest BCUT2D eigenvalue weighted by atomic mass is 9.94. The number of nitrogens with zero attached hydrogens (tertiary/aromatic N) is 1. The number of Topliss-reactive ketones (excluding diaryl/α,β-unsaturated/α-hetero) is 1. The number of amides is 1. The van der Waals surface area contributed by atoms with E-state index in [9.17, 15) is 14.7 Å². The number of ether oxygens (including phenoxy) is 2. The number of aliphatic hydroxyl groups excluding tert-OH is 1. The van der Waals surface area contributed by atoms with Crippen molar-refractivity contribution in [3.8, 4) is 11.5 Å². The summed E-state index contributed by atoms with van der Waals surface area (Å²) in [7, 11) is 3.01. The summed E-state index contributed by atoms with van der Waals surface area (Å²) >= 11 is 6.13. The third-order valence-electron chi connectivity index (χ3n) is 5.41. The highest BCUT2D eigenvalue weighted by Crippen LogP contribution is 2.41. The first-order valence-corrected chi connectivity index (χ1v) is 10.5. The van der Waals surface area contributed by atoms with Gasteiger partial charge in [0.25, 0.3) is 5.91 Å². The highest BCUT2D eigenvalue weighted by molar-refractivity contribution is 6.31. The number of methoxy groups -OCH3 is 2. The molecule has 0 radical (unpaired) electrons. The van der Waals surface area contributed by atoms with Crippen molar-refractivity contribution in [2.75, 3.05) is 20.8 Å². The van der Waals surface area contributed by atoms with Crippen molar-refractivity contribution in [3.05, 3.63) is 70.1 Å². The summed E-state index contributed by atoms with van der Waals surface area (Å²) in [6.07, 6.45) is 0.654. The second-order valence-electron chi connectivity index (χ2n) is 7.41. The minimum absolute atomic E-state index is 0.0267. The lowest BCUT2D eigenvalue weighted by molar-refractivity contribution is -0.129. The van der Waals surface area contributed by atoms with Gasteiger partial charge >= 0.3 is 0 Å². The smallest absolute Gasteiger partial charge is 0.290 e. The highest BCUT2D eigenvalue weighted by atomic mass is 35.5. The number of aliphatic hydroxyl groups is 1. The van der Waals surface area contributed by atoms with Crippen LogP contribution < -0.4 is 9.47 Å². The number of carbonyl (C=O) groups is 2. The van der Waals surface area contributed by atoms with Crippen LogP contribution in [0.5, 0.6) is 11.5 Å². The molecule has 1 aliphatic heterocycles. The normalized spacial score (nSPS) is 16.2. The van der Waals surface area contributed by atoms with Crippen molar-refractivity contribution in [2.24, 2.45) is 0 Å². The molecule has 166 valence electrons. The van der Waals surface area contributed by atoms with Gasteiger partial charge < -0.3 is 23.9 Å². The van der Waals surface area contributed by atoms with Crippen molar-refractivity contribution in [2.45, 2.75) is 19.4 Å². The molecule has 1 unspecified atom stereocenters. The second-order valence-corrected chi connectivity index (χ2v) is 7.84. The largest absolute Gasteiger partial charge is 0.503 e. The third kappa shape index (κ3) is 3.58. The van der Waals surface area contributed by atoms with Crippen molar-refractivity contribution in [3.63, 3.8) is 0 Å². The van der Waals surface area contributed by atoms with E-state index in [1.165, 1.54) is 25.2 Å². The summed E-state index contributed by atoms with van der Waals surface area (Å²) in [5, 5.41) is 11.7. The van der Waals surface area contributed by atoms with Crippen LogP contribution in [0, 0.1) is 0 Å². The lowest BCUT2D eigenvalue weighted by Crippen LogP contribution is -2.31. The predicted molar refractivity (Wildman–Crippen MR) is 120 cm³/mol. The number of rotatable bonds is 7. The quantitative estimate of drug-likeness (QED) is 0.499. The van der Waals surface area contributed by atoms with E-state index >= 15 is 0 Å². The maximum Gasteiger partial charge on any atom is 0.290 e. The summed E-state index contributed by atoms with van der Waals surface area (Å²) in [5.41, 5.74) is 0.962. The number of carbonyl (C=O) groups excluding carboxylic acids is 2. The maximum atomic E-state index is 13.5.